The lowest BCUT2D eigenvalue weighted by Gasteiger charge is -2.10. The summed E-state index contributed by atoms with van der Waals surface area (Å²) in [6, 6.07) is 24.9. The van der Waals surface area contributed by atoms with Gasteiger partial charge in [0.25, 0.3) is 5.91 Å². The molecule has 0 saturated heterocycles. The molecule has 0 aliphatic heterocycles. The second kappa shape index (κ2) is 9.40. The molecule has 168 valence electrons. The Labute approximate surface area is 193 Å². The van der Waals surface area contributed by atoms with Crippen LogP contribution in [0.3, 0.4) is 0 Å². The second-order valence-electron chi connectivity index (χ2n) is 7.79. The zero-order valence-corrected chi connectivity index (χ0v) is 19.1. The molecule has 0 unspecified atom stereocenters. The Kier molecular flexibility index (Phi) is 6.39. The number of nitrogens with zero attached hydrogens (tertiary/aromatic N) is 2. The van der Waals surface area contributed by atoms with Crippen molar-refractivity contribution >= 4 is 21.6 Å². The van der Waals surface area contributed by atoms with Gasteiger partial charge in [-0.2, -0.15) is 5.10 Å². The highest BCUT2D eigenvalue weighted by atomic mass is 32.2. The lowest BCUT2D eigenvalue weighted by atomic mass is 10.1. The van der Waals surface area contributed by atoms with Gasteiger partial charge in [0.1, 0.15) is 5.69 Å². The van der Waals surface area contributed by atoms with Crippen LogP contribution in [-0.2, 0) is 10.0 Å². The van der Waals surface area contributed by atoms with E-state index in [2.05, 4.69) is 15.1 Å². The molecule has 33 heavy (non-hydrogen) atoms. The highest BCUT2D eigenvalue weighted by molar-refractivity contribution is 7.89. The summed E-state index contributed by atoms with van der Waals surface area (Å²) in [5.41, 5.74) is 3.09. The third-order valence-electron chi connectivity index (χ3n) is 4.84. The summed E-state index contributed by atoms with van der Waals surface area (Å²) in [6.07, 6.45) is 1.69. The first-order chi connectivity index (χ1) is 15.8. The third kappa shape index (κ3) is 5.19. The SMILES string of the molecule is CC(C)NS(=O)(=O)c1ccc(NC(=O)c2cn(-c3ccccc3)nc2-c2ccccc2)cc1. The first-order valence-corrected chi connectivity index (χ1v) is 12.0. The molecule has 1 amide bonds. The molecule has 0 fully saturated rings. The van der Waals surface area contributed by atoms with Crippen molar-refractivity contribution in [2.45, 2.75) is 24.8 Å². The molecule has 0 radical (unpaired) electrons. The van der Waals surface area contributed by atoms with Crippen LogP contribution in [0.4, 0.5) is 5.69 Å². The van der Waals surface area contributed by atoms with Crippen LogP contribution in [0.1, 0.15) is 24.2 Å². The summed E-state index contributed by atoms with van der Waals surface area (Å²) < 4.78 is 28.9. The summed E-state index contributed by atoms with van der Waals surface area (Å²) in [7, 11) is -3.60. The van der Waals surface area contributed by atoms with Gasteiger partial charge in [-0.25, -0.2) is 17.8 Å². The van der Waals surface area contributed by atoms with E-state index in [4.69, 9.17) is 0 Å². The van der Waals surface area contributed by atoms with Gasteiger partial charge in [0.05, 0.1) is 16.1 Å². The van der Waals surface area contributed by atoms with Gasteiger partial charge >= 0.3 is 0 Å². The second-order valence-corrected chi connectivity index (χ2v) is 9.51. The van der Waals surface area contributed by atoms with Gasteiger partial charge in [0.2, 0.25) is 10.0 Å². The quantitative estimate of drug-likeness (QED) is 0.425. The highest BCUT2D eigenvalue weighted by Crippen LogP contribution is 2.25. The minimum absolute atomic E-state index is 0.135. The minimum Gasteiger partial charge on any atom is -0.322 e. The van der Waals surface area contributed by atoms with E-state index in [0.29, 0.717) is 16.9 Å². The summed E-state index contributed by atoms with van der Waals surface area (Å²) in [4.78, 5) is 13.3. The van der Waals surface area contributed by atoms with Crippen LogP contribution in [0.2, 0.25) is 0 Å². The topological polar surface area (TPSA) is 93.1 Å². The van der Waals surface area contributed by atoms with Crippen molar-refractivity contribution < 1.29 is 13.2 Å². The van der Waals surface area contributed by atoms with Crippen molar-refractivity contribution in [2.75, 3.05) is 5.32 Å². The van der Waals surface area contributed by atoms with E-state index in [9.17, 15) is 13.2 Å². The molecule has 8 heteroatoms. The number of para-hydroxylation sites is 1. The van der Waals surface area contributed by atoms with Crippen LogP contribution in [0, 0.1) is 0 Å². The van der Waals surface area contributed by atoms with E-state index >= 15 is 0 Å². The molecule has 0 saturated carbocycles. The number of carbonyl (C=O) groups is 1. The number of amides is 1. The van der Waals surface area contributed by atoms with E-state index in [1.807, 2.05) is 60.7 Å². The Hall–Kier alpha value is -3.75. The Bertz CT molecular complexity index is 1350. The van der Waals surface area contributed by atoms with Crippen molar-refractivity contribution in [3.63, 3.8) is 0 Å². The van der Waals surface area contributed by atoms with Gasteiger partial charge in [-0.3, -0.25) is 4.79 Å². The molecule has 2 N–H and O–H groups in total. The first kappa shape index (κ1) is 22.4. The fraction of sp³-hybridized carbons (Fsp3) is 0.120. The maximum atomic E-state index is 13.2. The van der Waals surface area contributed by atoms with Crippen LogP contribution in [0.5, 0.6) is 0 Å². The Morgan fingerprint density at radius 1 is 0.879 bits per heavy atom. The van der Waals surface area contributed by atoms with Gasteiger partial charge in [-0.15, -0.1) is 0 Å². The maximum absolute atomic E-state index is 13.2. The molecule has 0 spiro atoms. The van der Waals surface area contributed by atoms with Gasteiger partial charge in [0, 0.05) is 23.5 Å². The number of sulfonamides is 1. The van der Waals surface area contributed by atoms with E-state index in [0.717, 1.165) is 11.3 Å². The molecule has 7 nitrogen and oxygen atoms in total. The fourth-order valence-electron chi connectivity index (χ4n) is 3.36. The van der Waals surface area contributed by atoms with E-state index < -0.39 is 10.0 Å². The number of anilines is 1. The summed E-state index contributed by atoms with van der Waals surface area (Å²) in [5.74, 6) is -0.341. The predicted octanol–water partition coefficient (Wildman–Crippen LogP) is 4.48. The lowest BCUT2D eigenvalue weighted by Crippen LogP contribution is -2.30. The van der Waals surface area contributed by atoms with E-state index in [1.165, 1.54) is 12.1 Å². The molecule has 4 aromatic rings. The maximum Gasteiger partial charge on any atom is 0.259 e. The van der Waals surface area contributed by atoms with E-state index in [1.54, 1.807) is 36.9 Å². The molecule has 0 atom stereocenters. The molecule has 0 aliphatic rings. The van der Waals surface area contributed by atoms with E-state index in [-0.39, 0.29) is 16.8 Å². The molecule has 1 aromatic heterocycles. The number of rotatable bonds is 7. The van der Waals surface area contributed by atoms with Gasteiger partial charge in [0.15, 0.2) is 0 Å². The van der Waals surface area contributed by atoms with Gasteiger partial charge in [-0.05, 0) is 50.2 Å². The summed E-state index contributed by atoms with van der Waals surface area (Å²) in [5, 5.41) is 7.50. The lowest BCUT2D eigenvalue weighted by molar-refractivity contribution is 0.102. The van der Waals surface area contributed by atoms with Crippen LogP contribution in [0.15, 0.2) is 96.0 Å². The summed E-state index contributed by atoms with van der Waals surface area (Å²) in [6.45, 7) is 3.51. The van der Waals surface area contributed by atoms with Gasteiger partial charge in [-0.1, -0.05) is 48.5 Å². The van der Waals surface area contributed by atoms with Crippen molar-refractivity contribution in [1.29, 1.82) is 0 Å². The first-order valence-electron chi connectivity index (χ1n) is 10.5. The highest BCUT2D eigenvalue weighted by Gasteiger charge is 2.20. The molecule has 4 rings (SSSR count). The molecule has 3 aromatic carbocycles. The van der Waals surface area contributed by atoms with Gasteiger partial charge < -0.3 is 5.32 Å². The summed E-state index contributed by atoms with van der Waals surface area (Å²) >= 11 is 0. The van der Waals surface area contributed by atoms with Crippen molar-refractivity contribution in [1.82, 2.24) is 14.5 Å². The predicted molar refractivity (Wildman–Crippen MR) is 129 cm³/mol. The average molecular weight is 461 g/mol. The standard InChI is InChI=1S/C25H24N4O3S/c1-18(2)28-33(31,32)22-15-13-20(14-16-22)26-25(30)23-17-29(21-11-7-4-8-12-21)27-24(23)19-9-5-3-6-10-19/h3-18,28H,1-2H3,(H,26,30). The van der Waals surface area contributed by atoms with Crippen molar-refractivity contribution in [3.05, 3.63) is 96.7 Å². The molecule has 1 heterocycles. The largest absolute Gasteiger partial charge is 0.322 e. The Morgan fingerprint density at radius 3 is 2.09 bits per heavy atom. The zero-order valence-electron chi connectivity index (χ0n) is 18.3. The number of hydrogen-bond donors (Lipinski definition) is 2. The smallest absolute Gasteiger partial charge is 0.259 e. The van der Waals surface area contributed by atoms with Crippen LogP contribution in [-0.4, -0.2) is 30.1 Å². The number of nitrogens with one attached hydrogen (secondary N) is 2. The van der Waals surface area contributed by atoms with Crippen molar-refractivity contribution in [2.24, 2.45) is 0 Å². The normalized spacial score (nSPS) is 11.5. The number of carbonyl (C=O) groups excluding carboxylic acids is 1. The molecular formula is C25H24N4O3S. The number of hydrogen-bond acceptors (Lipinski definition) is 4. The number of aromatic nitrogens is 2. The number of benzene rings is 3. The van der Waals surface area contributed by atoms with Crippen LogP contribution >= 0.6 is 0 Å². The average Bonchev–Trinajstić information content (AvgIpc) is 3.26. The molecule has 0 bridgehead atoms. The molecular weight excluding hydrogens is 436 g/mol. The minimum atomic E-state index is -3.60. The zero-order chi connectivity index (χ0) is 23.4. The van der Waals surface area contributed by atoms with Crippen molar-refractivity contribution in [3.8, 4) is 16.9 Å². The Morgan fingerprint density at radius 2 is 1.48 bits per heavy atom. The van der Waals surface area contributed by atoms with Crippen LogP contribution in [0.25, 0.3) is 16.9 Å². The van der Waals surface area contributed by atoms with Crippen LogP contribution < -0.4 is 10.0 Å². The fourth-order valence-corrected chi connectivity index (χ4v) is 4.61. The monoisotopic (exact) mass is 460 g/mol. The molecule has 0 aliphatic carbocycles. The third-order valence-corrected chi connectivity index (χ3v) is 6.51. The Balaban J connectivity index is 1.63.